The van der Waals surface area contributed by atoms with Gasteiger partial charge in [0.1, 0.15) is 5.82 Å². The van der Waals surface area contributed by atoms with Crippen LogP contribution in [0.1, 0.15) is 27.9 Å². The molecule has 0 spiro atoms. The fourth-order valence-corrected chi connectivity index (χ4v) is 3.53. The zero-order valence-corrected chi connectivity index (χ0v) is 15.0. The molecule has 134 valence electrons. The van der Waals surface area contributed by atoms with Crippen molar-refractivity contribution in [3.05, 3.63) is 71.3 Å². The molecule has 27 heavy (non-hydrogen) atoms. The van der Waals surface area contributed by atoms with Crippen LogP contribution in [-0.2, 0) is 13.0 Å². The van der Waals surface area contributed by atoms with Gasteiger partial charge in [0, 0.05) is 25.0 Å². The third kappa shape index (κ3) is 3.47. The maximum absolute atomic E-state index is 12.7. The number of amides is 1. The van der Waals surface area contributed by atoms with Gasteiger partial charge < -0.3 is 10.2 Å². The van der Waals surface area contributed by atoms with Crippen LogP contribution in [-0.4, -0.2) is 24.0 Å². The van der Waals surface area contributed by atoms with E-state index in [1.54, 1.807) is 0 Å². The van der Waals surface area contributed by atoms with Crippen LogP contribution < -0.4 is 10.2 Å². The second-order valence-electron chi connectivity index (χ2n) is 6.65. The molecule has 5 heteroatoms. The number of para-hydroxylation sites is 1. The van der Waals surface area contributed by atoms with Crippen LogP contribution in [0.25, 0.3) is 10.9 Å². The molecule has 0 aliphatic carbocycles. The highest BCUT2D eigenvalue weighted by molar-refractivity contribution is 6.07. The summed E-state index contributed by atoms with van der Waals surface area (Å²) in [6.45, 7) is 2.01. The summed E-state index contributed by atoms with van der Waals surface area (Å²) in [7, 11) is 0. The Labute approximate surface area is 158 Å². The Morgan fingerprint density at radius 2 is 1.93 bits per heavy atom. The van der Waals surface area contributed by atoms with Gasteiger partial charge in [-0.1, -0.05) is 42.5 Å². The van der Waals surface area contributed by atoms with Crippen LogP contribution in [0.5, 0.6) is 0 Å². The number of nitrogens with one attached hydrogen (secondary N) is 1. The monoisotopic (exact) mass is 356 g/mol. The summed E-state index contributed by atoms with van der Waals surface area (Å²) in [6.07, 6.45) is 1.26. The molecular weight excluding hydrogens is 336 g/mol. The number of aromatic nitrogens is 1. The van der Waals surface area contributed by atoms with E-state index in [-0.39, 0.29) is 5.91 Å². The van der Waals surface area contributed by atoms with Crippen LogP contribution in [0, 0.1) is 11.3 Å². The molecule has 1 N–H and O–H groups in total. The van der Waals surface area contributed by atoms with Gasteiger partial charge in [-0.05, 0) is 29.7 Å². The molecule has 0 atom stereocenters. The van der Waals surface area contributed by atoms with E-state index in [2.05, 4.69) is 34.5 Å². The summed E-state index contributed by atoms with van der Waals surface area (Å²) in [5.74, 6) is 0.649. The lowest BCUT2D eigenvalue weighted by Gasteiger charge is -2.30. The molecule has 1 amide bonds. The molecule has 4 rings (SSSR count). The van der Waals surface area contributed by atoms with Gasteiger partial charge in [0.05, 0.1) is 23.6 Å². The third-order valence-corrected chi connectivity index (χ3v) is 4.92. The number of fused-ring (bicyclic) bond motifs is 2. The van der Waals surface area contributed by atoms with Gasteiger partial charge in [0.2, 0.25) is 0 Å². The van der Waals surface area contributed by atoms with Crippen LogP contribution in [0.2, 0.25) is 0 Å². The normalized spacial score (nSPS) is 13.1. The minimum absolute atomic E-state index is 0.164. The largest absolute Gasteiger partial charge is 0.352 e. The zero-order chi connectivity index (χ0) is 18.6. The molecule has 0 bridgehead atoms. The maximum atomic E-state index is 12.7. The number of nitrogens with zero attached hydrogens (tertiary/aromatic N) is 3. The molecule has 1 aliphatic heterocycles. The van der Waals surface area contributed by atoms with E-state index in [1.807, 2.05) is 36.4 Å². The van der Waals surface area contributed by atoms with Gasteiger partial charge in [-0.25, -0.2) is 4.98 Å². The van der Waals surface area contributed by atoms with E-state index >= 15 is 0 Å². The lowest BCUT2D eigenvalue weighted by Crippen LogP contribution is -2.31. The minimum atomic E-state index is -0.164. The number of hydrogen-bond donors (Lipinski definition) is 1. The fourth-order valence-electron chi connectivity index (χ4n) is 3.53. The first kappa shape index (κ1) is 17.0. The summed E-state index contributed by atoms with van der Waals surface area (Å²) >= 11 is 0. The Bertz CT molecular complexity index is 1040. The summed E-state index contributed by atoms with van der Waals surface area (Å²) in [5, 5.41) is 12.4. The van der Waals surface area contributed by atoms with Crippen LogP contribution in [0.4, 0.5) is 5.82 Å². The van der Waals surface area contributed by atoms with Gasteiger partial charge >= 0.3 is 0 Å². The van der Waals surface area contributed by atoms with Crippen LogP contribution in [0.15, 0.2) is 54.6 Å². The van der Waals surface area contributed by atoms with Gasteiger partial charge in [0.15, 0.2) is 0 Å². The first-order valence-corrected chi connectivity index (χ1v) is 9.13. The molecule has 1 aliphatic rings. The molecule has 0 fully saturated rings. The van der Waals surface area contributed by atoms with E-state index < -0.39 is 0 Å². The van der Waals surface area contributed by atoms with Crippen molar-refractivity contribution in [3.8, 4) is 6.07 Å². The van der Waals surface area contributed by atoms with E-state index in [0.29, 0.717) is 18.5 Å². The number of benzene rings is 2. The SMILES string of the molecule is N#CCCNC(=O)c1cc(N2CCc3ccccc3C2)nc2ccccc12. The van der Waals surface area contributed by atoms with Crippen molar-refractivity contribution < 1.29 is 4.79 Å². The highest BCUT2D eigenvalue weighted by Gasteiger charge is 2.20. The summed E-state index contributed by atoms with van der Waals surface area (Å²) < 4.78 is 0. The van der Waals surface area contributed by atoms with Crippen molar-refractivity contribution in [1.82, 2.24) is 10.3 Å². The van der Waals surface area contributed by atoms with Crippen LogP contribution in [0.3, 0.4) is 0 Å². The Morgan fingerprint density at radius 3 is 2.78 bits per heavy atom. The minimum Gasteiger partial charge on any atom is -0.352 e. The number of pyridine rings is 1. The molecule has 2 aromatic carbocycles. The maximum Gasteiger partial charge on any atom is 0.252 e. The van der Waals surface area contributed by atoms with E-state index in [1.165, 1.54) is 11.1 Å². The number of hydrogen-bond acceptors (Lipinski definition) is 4. The van der Waals surface area contributed by atoms with Gasteiger partial charge in [-0.3, -0.25) is 4.79 Å². The first-order chi connectivity index (χ1) is 13.3. The number of nitriles is 1. The standard InChI is InChI=1S/C22H20N4O/c23-11-5-12-24-22(27)19-14-21(25-20-9-4-3-8-18(19)20)26-13-10-16-6-1-2-7-17(16)15-26/h1-4,6-9,14H,5,10,12-13,15H2,(H,24,27). The van der Waals surface area contributed by atoms with E-state index in [9.17, 15) is 4.79 Å². The Kier molecular flexibility index (Phi) is 4.71. The predicted octanol–water partition coefficient (Wildman–Crippen LogP) is 3.44. The molecule has 0 saturated carbocycles. The van der Waals surface area contributed by atoms with Gasteiger partial charge in [0.25, 0.3) is 5.91 Å². The van der Waals surface area contributed by atoms with E-state index in [0.717, 1.165) is 36.2 Å². The number of anilines is 1. The summed E-state index contributed by atoms with van der Waals surface area (Å²) in [4.78, 5) is 19.7. The molecule has 2 heterocycles. The predicted molar refractivity (Wildman–Crippen MR) is 106 cm³/mol. The van der Waals surface area contributed by atoms with Gasteiger partial charge in [-0.15, -0.1) is 0 Å². The fraction of sp³-hybridized carbons (Fsp3) is 0.227. The lowest BCUT2D eigenvalue weighted by atomic mass is 9.99. The lowest BCUT2D eigenvalue weighted by molar-refractivity contribution is 0.0956. The van der Waals surface area contributed by atoms with E-state index in [4.69, 9.17) is 10.2 Å². The molecule has 1 aromatic heterocycles. The van der Waals surface area contributed by atoms with Crippen molar-refractivity contribution in [2.75, 3.05) is 18.0 Å². The second kappa shape index (κ2) is 7.46. The average molecular weight is 356 g/mol. The molecule has 5 nitrogen and oxygen atoms in total. The number of rotatable bonds is 4. The quantitative estimate of drug-likeness (QED) is 0.727. The molecule has 0 radical (unpaired) electrons. The topological polar surface area (TPSA) is 69.0 Å². The highest BCUT2D eigenvalue weighted by Crippen LogP contribution is 2.27. The first-order valence-electron chi connectivity index (χ1n) is 9.13. The van der Waals surface area contributed by atoms with Crippen LogP contribution >= 0.6 is 0 Å². The Balaban J connectivity index is 1.70. The number of carbonyl (C=O) groups excluding carboxylic acids is 1. The molecule has 0 unspecified atom stereocenters. The summed E-state index contributed by atoms with van der Waals surface area (Å²) in [6, 6.07) is 20.1. The highest BCUT2D eigenvalue weighted by atomic mass is 16.1. The van der Waals surface area contributed by atoms with Crippen molar-refractivity contribution >= 4 is 22.6 Å². The van der Waals surface area contributed by atoms with Crippen molar-refractivity contribution in [3.63, 3.8) is 0 Å². The second-order valence-corrected chi connectivity index (χ2v) is 6.65. The molecular formula is C22H20N4O. The van der Waals surface area contributed by atoms with Crippen molar-refractivity contribution in [1.29, 1.82) is 5.26 Å². The molecule has 0 saturated heterocycles. The Morgan fingerprint density at radius 1 is 1.15 bits per heavy atom. The van der Waals surface area contributed by atoms with Gasteiger partial charge in [-0.2, -0.15) is 5.26 Å². The Hall–Kier alpha value is -3.39. The van der Waals surface area contributed by atoms with Crippen molar-refractivity contribution in [2.45, 2.75) is 19.4 Å². The molecule has 3 aromatic rings. The third-order valence-electron chi connectivity index (χ3n) is 4.92. The smallest absolute Gasteiger partial charge is 0.252 e. The average Bonchev–Trinajstić information content (AvgIpc) is 2.72. The van der Waals surface area contributed by atoms with Crippen molar-refractivity contribution in [2.24, 2.45) is 0 Å². The zero-order valence-electron chi connectivity index (χ0n) is 15.0. The number of carbonyl (C=O) groups is 1. The summed E-state index contributed by atoms with van der Waals surface area (Å²) in [5.41, 5.74) is 4.09.